The Labute approximate surface area is 204 Å². The summed E-state index contributed by atoms with van der Waals surface area (Å²) in [6, 6.07) is 22.2. The molecule has 0 spiro atoms. The number of amides is 1. The van der Waals surface area contributed by atoms with Crippen molar-refractivity contribution in [2.24, 2.45) is 5.10 Å². The molecule has 1 amide bonds. The highest BCUT2D eigenvalue weighted by atomic mass is 32.2. The minimum absolute atomic E-state index is 0.183. The number of hydrogen-bond donors (Lipinski definition) is 1. The third-order valence-electron chi connectivity index (χ3n) is 4.83. The molecule has 3 aromatic carbocycles. The van der Waals surface area contributed by atoms with Crippen LogP contribution in [0.3, 0.4) is 0 Å². The Hall–Kier alpha value is -4.18. The largest absolute Gasteiger partial charge is 0.482 e. The number of hydrazone groups is 1. The number of methoxy groups -OCH3 is 1. The molecule has 0 saturated heterocycles. The zero-order chi connectivity index (χ0) is 25.3. The minimum Gasteiger partial charge on any atom is -0.482 e. The number of carbonyl (C=O) groups excluding carboxylic acids is 2. The number of esters is 1. The van der Waals surface area contributed by atoms with Crippen molar-refractivity contribution in [3.05, 3.63) is 95.6 Å². The average molecular weight is 496 g/mol. The lowest BCUT2D eigenvalue weighted by Crippen LogP contribution is -2.29. The van der Waals surface area contributed by atoms with Crippen LogP contribution >= 0.6 is 0 Å². The number of nitrogens with one attached hydrogen (secondary N) is 1. The molecule has 0 bridgehead atoms. The highest BCUT2D eigenvalue weighted by Crippen LogP contribution is 2.21. The first-order valence-corrected chi connectivity index (χ1v) is 12.4. The van der Waals surface area contributed by atoms with Crippen molar-refractivity contribution in [3.63, 3.8) is 0 Å². The van der Waals surface area contributed by atoms with E-state index >= 15 is 0 Å². The van der Waals surface area contributed by atoms with Crippen LogP contribution in [0.1, 0.15) is 21.5 Å². The van der Waals surface area contributed by atoms with Crippen LogP contribution in [0, 0.1) is 0 Å². The molecule has 3 rings (SSSR count). The molecular formula is C25H25N3O6S. The molecule has 3 aromatic rings. The zero-order valence-corrected chi connectivity index (χ0v) is 20.1. The summed E-state index contributed by atoms with van der Waals surface area (Å²) in [5.41, 5.74) is 4.76. The van der Waals surface area contributed by atoms with Crippen LogP contribution in [0.25, 0.3) is 0 Å². The second kappa shape index (κ2) is 11.8. The van der Waals surface area contributed by atoms with E-state index < -0.39 is 21.9 Å². The van der Waals surface area contributed by atoms with Crippen LogP contribution in [-0.2, 0) is 26.1 Å². The molecule has 182 valence electrons. The molecule has 0 aliphatic carbocycles. The number of anilines is 1. The van der Waals surface area contributed by atoms with Gasteiger partial charge in [0.1, 0.15) is 5.75 Å². The molecule has 35 heavy (non-hydrogen) atoms. The fourth-order valence-corrected chi connectivity index (χ4v) is 3.90. The van der Waals surface area contributed by atoms with E-state index in [0.29, 0.717) is 22.6 Å². The Bertz CT molecular complexity index is 1280. The summed E-state index contributed by atoms with van der Waals surface area (Å²) in [6.45, 7) is -0.00495. The molecule has 0 aliphatic heterocycles. The first-order valence-electron chi connectivity index (χ1n) is 10.5. The molecule has 0 atom stereocenters. The second-order valence-corrected chi connectivity index (χ2v) is 9.34. The maximum Gasteiger partial charge on any atom is 0.343 e. The second-order valence-electron chi connectivity index (χ2n) is 7.44. The fraction of sp³-hybridized carbons (Fsp3) is 0.160. The van der Waals surface area contributed by atoms with E-state index in [4.69, 9.17) is 4.74 Å². The molecule has 0 radical (unpaired) electrons. The first kappa shape index (κ1) is 25.4. The molecule has 0 unspecified atom stereocenters. The van der Waals surface area contributed by atoms with Gasteiger partial charge < -0.3 is 9.47 Å². The van der Waals surface area contributed by atoms with E-state index in [-0.39, 0.29) is 13.2 Å². The molecule has 9 nitrogen and oxygen atoms in total. The summed E-state index contributed by atoms with van der Waals surface area (Å²) in [5, 5.41) is 3.94. The van der Waals surface area contributed by atoms with E-state index in [2.05, 4.69) is 15.3 Å². The van der Waals surface area contributed by atoms with E-state index in [9.17, 15) is 18.0 Å². The number of nitrogens with zero attached hydrogens (tertiary/aromatic N) is 2. The topological polar surface area (TPSA) is 114 Å². The fourth-order valence-electron chi connectivity index (χ4n) is 3.01. The lowest BCUT2D eigenvalue weighted by atomic mass is 10.2. The summed E-state index contributed by atoms with van der Waals surface area (Å²) >= 11 is 0. The van der Waals surface area contributed by atoms with Crippen LogP contribution in [0.2, 0.25) is 0 Å². The molecule has 1 N–H and O–H groups in total. The zero-order valence-electron chi connectivity index (χ0n) is 19.2. The van der Waals surface area contributed by atoms with Crippen molar-refractivity contribution < 1.29 is 27.5 Å². The van der Waals surface area contributed by atoms with Gasteiger partial charge in [-0.25, -0.2) is 18.6 Å². The number of benzene rings is 3. The standard InChI is InChI=1S/C25H25N3O6S/c1-33-24(29)18-34-23-14-8-19(9-15-23)16-26-27-25(30)21-10-12-22(13-11-21)28(35(2,31)32)17-20-6-4-3-5-7-20/h3-16H,17-18H2,1-2H3,(H,27,30)/b26-16-. The van der Waals surface area contributed by atoms with Gasteiger partial charge in [-0.1, -0.05) is 30.3 Å². The van der Waals surface area contributed by atoms with Gasteiger partial charge in [-0.3, -0.25) is 9.10 Å². The number of rotatable bonds is 10. The highest BCUT2D eigenvalue weighted by molar-refractivity contribution is 7.92. The summed E-state index contributed by atoms with van der Waals surface area (Å²) in [6.07, 6.45) is 2.60. The normalized spacial score (nSPS) is 11.1. The Morgan fingerprint density at radius 1 is 0.971 bits per heavy atom. The number of ether oxygens (including phenoxy) is 2. The van der Waals surface area contributed by atoms with Gasteiger partial charge in [0, 0.05) is 5.56 Å². The Morgan fingerprint density at radius 3 is 2.23 bits per heavy atom. The average Bonchev–Trinajstić information content (AvgIpc) is 2.86. The van der Waals surface area contributed by atoms with Gasteiger partial charge >= 0.3 is 5.97 Å². The maximum atomic E-state index is 12.4. The summed E-state index contributed by atoms with van der Waals surface area (Å²) < 4.78 is 35.7. The third-order valence-corrected chi connectivity index (χ3v) is 5.97. The van der Waals surface area contributed by atoms with Crippen molar-refractivity contribution >= 4 is 33.8 Å². The van der Waals surface area contributed by atoms with Gasteiger partial charge in [-0.2, -0.15) is 5.10 Å². The third kappa shape index (κ3) is 7.68. The van der Waals surface area contributed by atoms with Gasteiger partial charge in [0.15, 0.2) is 6.61 Å². The van der Waals surface area contributed by atoms with Crippen LogP contribution in [0.4, 0.5) is 5.69 Å². The number of sulfonamides is 1. The Kier molecular flexibility index (Phi) is 8.58. The van der Waals surface area contributed by atoms with Gasteiger partial charge in [-0.05, 0) is 59.7 Å². The molecule has 10 heteroatoms. The smallest absolute Gasteiger partial charge is 0.343 e. The van der Waals surface area contributed by atoms with Gasteiger partial charge in [0.05, 0.1) is 31.8 Å². The van der Waals surface area contributed by atoms with Crippen molar-refractivity contribution in [1.82, 2.24) is 5.43 Å². The lowest BCUT2D eigenvalue weighted by Gasteiger charge is -2.22. The van der Waals surface area contributed by atoms with Crippen LogP contribution in [0.5, 0.6) is 5.75 Å². The van der Waals surface area contributed by atoms with Gasteiger partial charge in [0.2, 0.25) is 10.0 Å². The maximum absolute atomic E-state index is 12.4. The SMILES string of the molecule is COC(=O)COc1ccc(/C=N\NC(=O)c2ccc(N(Cc3ccccc3)S(C)(=O)=O)cc2)cc1. The predicted octanol–water partition coefficient (Wildman–Crippen LogP) is 2.97. The number of hydrogen-bond acceptors (Lipinski definition) is 7. The van der Waals surface area contributed by atoms with E-state index in [0.717, 1.165) is 11.8 Å². The van der Waals surface area contributed by atoms with E-state index in [1.165, 1.54) is 29.8 Å². The van der Waals surface area contributed by atoms with Crippen molar-refractivity contribution in [3.8, 4) is 5.75 Å². The predicted molar refractivity (Wildman–Crippen MR) is 133 cm³/mol. The van der Waals surface area contributed by atoms with Crippen LogP contribution in [0.15, 0.2) is 84.0 Å². The molecule has 0 fully saturated rings. The van der Waals surface area contributed by atoms with Gasteiger partial charge in [0.25, 0.3) is 5.91 Å². The molecule has 0 heterocycles. The molecular weight excluding hydrogens is 470 g/mol. The van der Waals surface area contributed by atoms with Crippen molar-refractivity contribution in [2.45, 2.75) is 6.54 Å². The first-order chi connectivity index (χ1) is 16.8. The van der Waals surface area contributed by atoms with Crippen molar-refractivity contribution in [1.29, 1.82) is 0 Å². The van der Waals surface area contributed by atoms with Crippen molar-refractivity contribution in [2.75, 3.05) is 24.3 Å². The molecule has 0 aromatic heterocycles. The van der Waals surface area contributed by atoms with Gasteiger partial charge in [-0.15, -0.1) is 0 Å². The summed E-state index contributed by atoms with van der Waals surface area (Å²) in [4.78, 5) is 23.5. The monoisotopic (exact) mass is 495 g/mol. The summed E-state index contributed by atoms with van der Waals surface area (Å²) in [5.74, 6) is -0.432. The van der Waals surface area contributed by atoms with E-state index in [1.807, 2.05) is 30.3 Å². The Morgan fingerprint density at radius 2 is 1.63 bits per heavy atom. The Balaban J connectivity index is 1.60. The minimum atomic E-state index is -3.53. The van der Waals surface area contributed by atoms with E-state index in [1.54, 1.807) is 36.4 Å². The van der Waals surface area contributed by atoms with Crippen LogP contribution < -0.4 is 14.5 Å². The van der Waals surface area contributed by atoms with Crippen LogP contribution in [-0.4, -0.2) is 46.5 Å². The highest BCUT2D eigenvalue weighted by Gasteiger charge is 2.18. The molecule has 0 saturated carbocycles. The lowest BCUT2D eigenvalue weighted by molar-refractivity contribution is -0.142. The summed E-state index contributed by atoms with van der Waals surface area (Å²) in [7, 11) is -2.25. The number of carbonyl (C=O) groups is 2. The quantitative estimate of drug-likeness (QED) is 0.263. The molecule has 0 aliphatic rings.